The van der Waals surface area contributed by atoms with Gasteiger partial charge in [0.25, 0.3) is 0 Å². The van der Waals surface area contributed by atoms with E-state index in [0.29, 0.717) is 37.7 Å². The largest absolute Gasteiger partial charge is 0.467 e. The third-order valence-electron chi connectivity index (χ3n) is 2.92. The van der Waals surface area contributed by atoms with E-state index in [2.05, 4.69) is 16.0 Å². The standard InChI is InChI=1S/C15H25N3O3/c1-11(2)9-17-14(19)6-7-16-12(3)15(20)18-10-13-5-4-8-21-13/h4-5,8,11-12,16H,6-7,9-10H2,1-3H3,(H,17,19)(H,18,20). The minimum atomic E-state index is -0.349. The van der Waals surface area contributed by atoms with Gasteiger partial charge in [-0.25, -0.2) is 0 Å². The third-order valence-corrected chi connectivity index (χ3v) is 2.92. The van der Waals surface area contributed by atoms with Gasteiger partial charge in [-0.3, -0.25) is 9.59 Å². The molecule has 6 heteroatoms. The highest BCUT2D eigenvalue weighted by Crippen LogP contribution is 1.98. The maximum Gasteiger partial charge on any atom is 0.237 e. The van der Waals surface area contributed by atoms with Gasteiger partial charge in [0.2, 0.25) is 11.8 Å². The lowest BCUT2D eigenvalue weighted by atomic mass is 10.2. The number of nitrogens with one attached hydrogen (secondary N) is 3. The van der Waals surface area contributed by atoms with E-state index in [4.69, 9.17) is 4.42 Å². The Balaban J connectivity index is 2.13. The first-order valence-electron chi connectivity index (χ1n) is 7.29. The molecular formula is C15H25N3O3. The van der Waals surface area contributed by atoms with E-state index in [-0.39, 0.29) is 17.9 Å². The van der Waals surface area contributed by atoms with Gasteiger partial charge in [-0.15, -0.1) is 0 Å². The van der Waals surface area contributed by atoms with Crippen molar-refractivity contribution in [1.82, 2.24) is 16.0 Å². The van der Waals surface area contributed by atoms with Crippen LogP contribution in [0.3, 0.4) is 0 Å². The monoisotopic (exact) mass is 295 g/mol. The van der Waals surface area contributed by atoms with Crippen LogP contribution in [0.15, 0.2) is 22.8 Å². The quantitative estimate of drug-likeness (QED) is 0.635. The zero-order valence-corrected chi connectivity index (χ0v) is 12.9. The maximum atomic E-state index is 11.8. The number of furan rings is 1. The predicted molar refractivity (Wildman–Crippen MR) is 80.5 cm³/mol. The molecule has 0 aliphatic rings. The summed E-state index contributed by atoms with van der Waals surface area (Å²) in [6.45, 7) is 7.38. The van der Waals surface area contributed by atoms with Crippen LogP contribution in [-0.4, -0.2) is 30.9 Å². The molecule has 1 aromatic heterocycles. The molecule has 2 amide bonds. The normalized spacial score (nSPS) is 12.2. The summed E-state index contributed by atoms with van der Waals surface area (Å²) in [5, 5.41) is 8.63. The number of amides is 2. The van der Waals surface area contributed by atoms with Crippen LogP contribution >= 0.6 is 0 Å². The van der Waals surface area contributed by atoms with Crippen molar-refractivity contribution in [1.29, 1.82) is 0 Å². The van der Waals surface area contributed by atoms with Gasteiger partial charge in [-0.1, -0.05) is 13.8 Å². The molecule has 1 unspecified atom stereocenters. The molecule has 0 saturated heterocycles. The molecule has 6 nitrogen and oxygen atoms in total. The average molecular weight is 295 g/mol. The van der Waals surface area contributed by atoms with Crippen molar-refractivity contribution in [3.05, 3.63) is 24.2 Å². The second-order valence-corrected chi connectivity index (χ2v) is 5.42. The van der Waals surface area contributed by atoms with Gasteiger partial charge in [-0.2, -0.15) is 0 Å². The average Bonchev–Trinajstić information content (AvgIpc) is 2.95. The molecule has 1 heterocycles. The number of carbonyl (C=O) groups is 2. The zero-order valence-electron chi connectivity index (χ0n) is 12.9. The Morgan fingerprint density at radius 1 is 1.24 bits per heavy atom. The molecule has 118 valence electrons. The van der Waals surface area contributed by atoms with Crippen LogP contribution in [0.4, 0.5) is 0 Å². The molecular weight excluding hydrogens is 270 g/mol. The topological polar surface area (TPSA) is 83.4 Å². The Bertz CT molecular complexity index is 429. The van der Waals surface area contributed by atoms with Crippen LogP contribution in [0.5, 0.6) is 0 Å². The van der Waals surface area contributed by atoms with Gasteiger partial charge >= 0.3 is 0 Å². The third kappa shape index (κ3) is 7.51. The summed E-state index contributed by atoms with van der Waals surface area (Å²) in [7, 11) is 0. The molecule has 3 N–H and O–H groups in total. The van der Waals surface area contributed by atoms with E-state index < -0.39 is 0 Å². The number of hydrogen-bond donors (Lipinski definition) is 3. The summed E-state index contributed by atoms with van der Waals surface area (Å²) in [4.78, 5) is 23.3. The van der Waals surface area contributed by atoms with E-state index in [9.17, 15) is 9.59 Å². The second-order valence-electron chi connectivity index (χ2n) is 5.42. The lowest BCUT2D eigenvalue weighted by Crippen LogP contribution is -2.43. The number of hydrogen-bond acceptors (Lipinski definition) is 4. The van der Waals surface area contributed by atoms with Crippen molar-refractivity contribution >= 4 is 11.8 Å². The fraction of sp³-hybridized carbons (Fsp3) is 0.600. The van der Waals surface area contributed by atoms with Crippen LogP contribution in [0, 0.1) is 5.92 Å². The SMILES string of the molecule is CC(C)CNC(=O)CCNC(C)C(=O)NCc1ccco1. The first-order valence-corrected chi connectivity index (χ1v) is 7.29. The Hall–Kier alpha value is -1.82. The molecule has 0 aliphatic carbocycles. The summed E-state index contributed by atoms with van der Waals surface area (Å²) in [5.41, 5.74) is 0. The lowest BCUT2D eigenvalue weighted by molar-refractivity contribution is -0.124. The van der Waals surface area contributed by atoms with Crippen LogP contribution < -0.4 is 16.0 Å². The first kappa shape index (κ1) is 17.2. The zero-order chi connectivity index (χ0) is 15.7. The van der Waals surface area contributed by atoms with Gasteiger partial charge in [0.1, 0.15) is 5.76 Å². The van der Waals surface area contributed by atoms with Crippen LogP contribution in [0.2, 0.25) is 0 Å². The highest BCUT2D eigenvalue weighted by molar-refractivity contribution is 5.81. The summed E-state index contributed by atoms with van der Waals surface area (Å²) < 4.78 is 5.13. The number of carbonyl (C=O) groups excluding carboxylic acids is 2. The Morgan fingerprint density at radius 2 is 2.00 bits per heavy atom. The van der Waals surface area contributed by atoms with Gasteiger partial charge in [0.15, 0.2) is 0 Å². The molecule has 0 spiro atoms. The fourth-order valence-electron chi connectivity index (χ4n) is 1.64. The molecule has 0 radical (unpaired) electrons. The van der Waals surface area contributed by atoms with Crippen LogP contribution in [0.25, 0.3) is 0 Å². The highest BCUT2D eigenvalue weighted by atomic mass is 16.3. The molecule has 0 aliphatic heterocycles. The molecule has 1 aromatic rings. The first-order chi connectivity index (χ1) is 9.99. The molecule has 1 rings (SSSR count). The summed E-state index contributed by atoms with van der Waals surface area (Å²) in [6.07, 6.45) is 1.93. The van der Waals surface area contributed by atoms with E-state index >= 15 is 0 Å². The Kier molecular flexibility index (Phi) is 7.53. The van der Waals surface area contributed by atoms with E-state index in [1.165, 1.54) is 0 Å². The maximum absolute atomic E-state index is 11.8. The van der Waals surface area contributed by atoms with E-state index in [1.807, 2.05) is 13.8 Å². The molecule has 1 atom stereocenters. The summed E-state index contributed by atoms with van der Waals surface area (Å²) in [6, 6.07) is 3.23. The summed E-state index contributed by atoms with van der Waals surface area (Å²) >= 11 is 0. The Labute approximate surface area is 125 Å². The number of rotatable bonds is 9. The molecule has 0 fully saturated rings. The summed E-state index contributed by atoms with van der Waals surface area (Å²) in [5.74, 6) is 1.03. The van der Waals surface area contributed by atoms with E-state index in [0.717, 1.165) is 0 Å². The van der Waals surface area contributed by atoms with Gasteiger partial charge in [0, 0.05) is 19.5 Å². The van der Waals surface area contributed by atoms with Crippen molar-refractivity contribution in [2.75, 3.05) is 13.1 Å². The second kappa shape index (κ2) is 9.18. The van der Waals surface area contributed by atoms with Gasteiger partial charge in [0.05, 0.1) is 18.8 Å². The molecule has 21 heavy (non-hydrogen) atoms. The highest BCUT2D eigenvalue weighted by Gasteiger charge is 2.12. The van der Waals surface area contributed by atoms with Crippen molar-refractivity contribution in [3.63, 3.8) is 0 Å². The van der Waals surface area contributed by atoms with Crippen LogP contribution in [0.1, 0.15) is 33.0 Å². The smallest absolute Gasteiger partial charge is 0.237 e. The fourth-order valence-corrected chi connectivity index (χ4v) is 1.64. The van der Waals surface area contributed by atoms with E-state index in [1.54, 1.807) is 25.3 Å². The Morgan fingerprint density at radius 3 is 2.62 bits per heavy atom. The van der Waals surface area contributed by atoms with Crippen molar-refractivity contribution in [3.8, 4) is 0 Å². The van der Waals surface area contributed by atoms with Gasteiger partial charge < -0.3 is 20.4 Å². The predicted octanol–water partition coefficient (Wildman–Crippen LogP) is 1.04. The lowest BCUT2D eigenvalue weighted by Gasteiger charge is -2.13. The van der Waals surface area contributed by atoms with Crippen molar-refractivity contribution in [2.45, 2.75) is 39.8 Å². The molecule has 0 saturated carbocycles. The molecule has 0 bridgehead atoms. The van der Waals surface area contributed by atoms with Gasteiger partial charge in [-0.05, 0) is 25.0 Å². The van der Waals surface area contributed by atoms with Crippen molar-refractivity contribution < 1.29 is 14.0 Å². The minimum absolute atomic E-state index is 0.000561. The van der Waals surface area contributed by atoms with Crippen molar-refractivity contribution in [2.24, 2.45) is 5.92 Å². The minimum Gasteiger partial charge on any atom is -0.467 e. The molecule has 0 aromatic carbocycles. The van der Waals surface area contributed by atoms with Crippen LogP contribution in [-0.2, 0) is 16.1 Å².